The Morgan fingerprint density at radius 3 is 0.730 bits per heavy atom. The number of phosphoric acid groups is 2. The number of hydrogen-bond donors (Lipinski definition) is 4. The molecule has 0 fully saturated rings. The summed E-state index contributed by atoms with van der Waals surface area (Å²) in [6.07, 6.45) is 114. The zero-order valence-electron chi connectivity index (χ0n) is 72.4. The number of carbonyl (C=O) groups is 3. The van der Waals surface area contributed by atoms with Gasteiger partial charge >= 0.3 is 33.6 Å². The van der Waals surface area contributed by atoms with Crippen LogP contribution in [0.4, 0.5) is 0 Å². The first-order chi connectivity index (χ1) is 56.2. The molecule has 0 aliphatic carbocycles. The van der Waals surface area contributed by atoms with Crippen molar-refractivity contribution in [3.05, 3.63) is 170 Å². The Kier molecular flexibility index (Phi) is 84.3. The summed E-state index contributed by atoms with van der Waals surface area (Å²) in [5.41, 5.74) is 0. The number of allylic oxidation sites excluding steroid dienone is 28. The van der Waals surface area contributed by atoms with Gasteiger partial charge in [-0.25, -0.2) is 9.13 Å². The third kappa shape index (κ3) is 89.5. The van der Waals surface area contributed by atoms with E-state index in [4.69, 9.17) is 32.3 Å². The highest BCUT2D eigenvalue weighted by Crippen LogP contribution is 2.45. The predicted molar refractivity (Wildman–Crippen MR) is 482 cm³/mol. The Balaban J connectivity index is 4.55. The highest BCUT2D eigenvalue weighted by atomic mass is 31.2. The van der Waals surface area contributed by atoms with Crippen LogP contribution in [0, 0.1) is 0 Å². The van der Waals surface area contributed by atoms with Crippen LogP contribution in [0.15, 0.2) is 170 Å². The van der Waals surface area contributed by atoms with Crippen molar-refractivity contribution in [1.29, 1.82) is 0 Å². The first kappa shape index (κ1) is 110. The number of aliphatic hydroxyl groups excluding tert-OH is 2. The quantitative estimate of drug-likeness (QED) is 0.0146. The van der Waals surface area contributed by atoms with Crippen LogP contribution in [0.2, 0.25) is 0 Å². The van der Waals surface area contributed by atoms with E-state index in [1.807, 2.05) is 0 Å². The fourth-order valence-electron chi connectivity index (χ4n) is 12.0. The number of ether oxygens (including phenoxy) is 3. The summed E-state index contributed by atoms with van der Waals surface area (Å²) in [4.78, 5) is 58.9. The van der Waals surface area contributed by atoms with Gasteiger partial charge in [-0.2, -0.15) is 0 Å². The number of esters is 3. The van der Waals surface area contributed by atoms with Gasteiger partial charge < -0.3 is 34.2 Å². The highest BCUT2D eigenvalue weighted by molar-refractivity contribution is 7.47. The van der Waals surface area contributed by atoms with Crippen LogP contribution in [0.25, 0.3) is 0 Å². The molecule has 0 saturated carbocycles. The minimum absolute atomic E-state index is 0.0767. The number of aliphatic hydroxyl groups is 2. The Bertz CT molecular complexity index is 2770. The largest absolute Gasteiger partial charge is 0.472 e. The lowest BCUT2D eigenvalue weighted by molar-refractivity contribution is -0.161. The van der Waals surface area contributed by atoms with Crippen LogP contribution in [0.1, 0.15) is 367 Å². The zero-order chi connectivity index (χ0) is 83.6. The van der Waals surface area contributed by atoms with Crippen molar-refractivity contribution in [3.63, 3.8) is 0 Å². The van der Waals surface area contributed by atoms with Crippen molar-refractivity contribution < 1.29 is 75.8 Å². The molecule has 16 nitrogen and oxygen atoms in total. The Morgan fingerprint density at radius 1 is 0.252 bits per heavy atom. The fraction of sp³-hybridized carbons (Fsp3) is 0.680. The molecule has 0 bridgehead atoms. The maximum absolute atomic E-state index is 13.0. The van der Waals surface area contributed by atoms with Crippen LogP contribution >= 0.6 is 15.6 Å². The molecule has 658 valence electrons. The Labute approximate surface area is 701 Å². The minimum atomic E-state index is -4.95. The Morgan fingerprint density at radius 2 is 0.461 bits per heavy atom. The molecule has 5 unspecified atom stereocenters. The van der Waals surface area contributed by atoms with E-state index in [0.717, 1.165) is 180 Å². The van der Waals surface area contributed by atoms with Crippen LogP contribution in [0.3, 0.4) is 0 Å². The second kappa shape index (κ2) is 88.2. The molecule has 0 radical (unpaired) electrons. The van der Waals surface area contributed by atoms with Gasteiger partial charge in [0.25, 0.3) is 0 Å². The van der Waals surface area contributed by atoms with Gasteiger partial charge in [-0.1, -0.05) is 358 Å². The van der Waals surface area contributed by atoms with E-state index in [9.17, 15) is 43.5 Å². The Hall–Kier alpha value is -5.09. The highest BCUT2D eigenvalue weighted by Gasteiger charge is 2.29. The van der Waals surface area contributed by atoms with E-state index in [0.29, 0.717) is 19.3 Å². The van der Waals surface area contributed by atoms with E-state index in [1.54, 1.807) is 0 Å². The van der Waals surface area contributed by atoms with Crippen molar-refractivity contribution in [2.45, 2.75) is 386 Å². The normalized spacial score (nSPS) is 14.6. The van der Waals surface area contributed by atoms with Crippen LogP contribution < -0.4 is 0 Å². The second-order valence-electron chi connectivity index (χ2n) is 30.0. The number of hydrogen-bond acceptors (Lipinski definition) is 14. The van der Waals surface area contributed by atoms with Gasteiger partial charge in [-0.3, -0.25) is 32.5 Å². The predicted octanol–water partition coefficient (Wildman–Crippen LogP) is 27.9. The molecule has 0 heterocycles. The maximum Gasteiger partial charge on any atom is 0.472 e. The molecule has 0 aromatic carbocycles. The van der Waals surface area contributed by atoms with Crippen molar-refractivity contribution >= 4 is 33.6 Å². The molecule has 4 N–H and O–H groups in total. The third-order valence-electron chi connectivity index (χ3n) is 18.9. The molecule has 18 heteroatoms. The van der Waals surface area contributed by atoms with E-state index >= 15 is 0 Å². The first-order valence-electron chi connectivity index (χ1n) is 45.4. The molecular formula is C97H164O16P2. The smallest absolute Gasteiger partial charge is 0.463 e. The van der Waals surface area contributed by atoms with Gasteiger partial charge in [0.15, 0.2) is 6.10 Å². The fourth-order valence-corrected chi connectivity index (χ4v) is 13.6. The lowest BCUT2D eigenvalue weighted by atomic mass is 10.0. The molecular weight excluding hydrogens is 1480 g/mol. The summed E-state index contributed by atoms with van der Waals surface area (Å²) in [6, 6.07) is 0. The van der Waals surface area contributed by atoms with Crippen molar-refractivity contribution in [1.82, 2.24) is 0 Å². The molecule has 0 aromatic rings. The monoisotopic (exact) mass is 1650 g/mol. The van der Waals surface area contributed by atoms with Gasteiger partial charge in [0.1, 0.15) is 25.4 Å². The summed E-state index contributed by atoms with van der Waals surface area (Å²) in [7, 11) is -9.82. The third-order valence-corrected chi connectivity index (χ3v) is 20.8. The van der Waals surface area contributed by atoms with E-state index in [1.165, 1.54) is 128 Å². The summed E-state index contributed by atoms with van der Waals surface area (Å²) >= 11 is 0. The topological polar surface area (TPSA) is 231 Å². The summed E-state index contributed by atoms with van der Waals surface area (Å²) in [5, 5.41) is 20.7. The molecule has 0 spiro atoms. The SMILES string of the molecule is CC/C=C\C/C=C\C/C=C\C/C=C\C/C=C\C/C=C\CCCCCCCCCCCCCCCCCCC(=O)OCC(O)COP(=O)(O)OCC(O)COP(=O)(O)OCC(COC(=O)CCCCCCCCC/C=C\C/C=C\C/C=C\C/C=C\CCCCC)OC(=O)CCCCCCC/C=C\C/C=C\C/C=C\C/C=C\CCCCC. The molecule has 0 aromatic heterocycles. The first-order valence-corrected chi connectivity index (χ1v) is 48.4. The summed E-state index contributed by atoms with van der Waals surface area (Å²) in [6.45, 7) is 2.51. The molecule has 0 amide bonds. The van der Waals surface area contributed by atoms with E-state index in [-0.39, 0.29) is 19.3 Å². The van der Waals surface area contributed by atoms with Crippen molar-refractivity contribution in [3.8, 4) is 0 Å². The number of unbranched alkanes of at least 4 members (excludes halogenated alkanes) is 34. The molecule has 0 aliphatic rings. The lowest BCUT2D eigenvalue weighted by Gasteiger charge is -2.21. The van der Waals surface area contributed by atoms with E-state index in [2.05, 4.69) is 191 Å². The standard InChI is InChI=1S/C97H164O16P2/c1-4-7-10-13-16-19-22-25-28-31-34-37-39-40-41-42-43-44-45-46-47-48-49-50-52-55-56-59-62-65-68-71-74-77-80-83-95(100)107-86-92(98)87-109-114(103,104)110-88-93(99)89-111-115(105,106)112-91-94(113-97(102)85-82-79-76-73-70-67-64-61-58-53-36-33-30-27-24-21-18-15-12-9-6-3)90-108-96(101)84-81-78-75-72-69-66-63-60-57-54-51-38-35-32-29-26-23-20-17-14-11-8-5-2/h7,10,16-21,25-30,34-38,40-41,43-44,53-54,57,61,64,92-94,98-99H,4-6,8-9,11-15,22-24,31-33,39,42,45-52,55-56,58-60,62-63,65-91H2,1-3H3,(H,103,104)(H,105,106)/b10-7-,19-16-,20-17-,21-18-,28-25-,29-26-,30-27-,37-34-,38-35-,41-40-,44-43-,53-36-,57-54-,64-61-. The van der Waals surface area contributed by atoms with Gasteiger partial charge in [0.2, 0.25) is 0 Å². The van der Waals surface area contributed by atoms with Crippen LogP contribution in [-0.2, 0) is 55.8 Å². The number of rotatable bonds is 85. The molecule has 5 atom stereocenters. The molecule has 0 saturated heterocycles. The summed E-state index contributed by atoms with van der Waals surface area (Å²) in [5.74, 6) is -1.60. The van der Waals surface area contributed by atoms with Crippen LogP contribution in [-0.4, -0.2) is 95.9 Å². The minimum Gasteiger partial charge on any atom is -0.463 e. The van der Waals surface area contributed by atoms with Gasteiger partial charge in [0.05, 0.1) is 26.4 Å². The van der Waals surface area contributed by atoms with Crippen molar-refractivity contribution in [2.75, 3.05) is 39.6 Å². The maximum atomic E-state index is 13.0. The van der Waals surface area contributed by atoms with Gasteiger partial charge in [-0.05, 0) is 161 Å². The molecule has 0 aliphatic heterocycles. The van der Waals surface area contributed by atoms with Gasteiger partial charge in [-0.15, -0.1) is 0 Å². The molecule has 115 heavy (non-hydrogen) atoms. The second-order valence-corrected chi connectivity index (χ2v) is 32.9. The number of carbonyl (C=O) groups excluding carboxylic acids is 3. The average molecular weight is 1650 g/mol. The zero-order valence-corrected chi connectivity index (χ0v) is 74.2. The van der Waals surface area contributed by atoms with Crippen LogP contribution in [0.5, 0.6) is 0 Å². The lowest BCUT2D eigenvalue weighted by Crippen LogP contribution is -2.30. The van der Waals surface area contributed by atoms with E-state index < -0.39 is 91.5 Å². The van der Waals surface area contributed by atoms with Crippen molar-refractivity contribution in [2.24, 2.45) is 0 Å². The van der Waals surface area contributed by atoms with Gasteiger partial charge in [0, 0.05) is 19.3 Å². The molecule has 0 rings (SSSR count). The average Bonchev–Trinajstić information content (AvgIpc) is 0.901. The number of phosphoric ester groups is 2. The summed E-state index contributed by atoms with van der Waals surface area (Å²) < 4.78 is 61.4.